The molecule has 1 aromatic carbocycles. The van der Waals surface area contributed by atoms with Crippen LogP contribution < -0.4 is 10.1 Å². The van der Waals surface area contributed by atoms with Gasteiger partial charge in [-0.3, -0.25) is 4.79 Å². The van der Waals surface area contributed by atoms with Crippen LogP contribution in [0.4, 0.5) is 5.69 Å². The van der Waals surface area contributed by atoms with Crippen LogP contribution in [0.25, 0.3) is 0 Å². The number of ether oxygens (including phenoxy) is 1. The Morgan fingerprint density at radius 1 is 1.32 bits per heavy atom. The van der Waals surface area contributed by atoms with Gasteiger partial charge in [0.05, 0.1) is 18.7 Å². The molecule has 0 fully saturated rings. The molecule has 0 aliphatic heterocycles. The first-order valence-corrected chi connectivity index (χ1v) is 8.05. The van der Waals surface area contributed by atoms with Crippen LogP contribution in [0.5, 0.6) is 5.75 Å². The lowest BCUT2D eigenvalue weighted by atomic mass is 9.93. The van der Waals surface area contributed by atoms with Crippen LogP contribution in [0.3, 0.4) is 0 Å². The Balaban J connectivity index is 1.87. The number of aliphatic hydroxyl groups excluding tert-OH is 2. The number of hydrogen-bond donors (Lipinski definition) is 3. The molecule has 1 unspecified atom stereocenters. The van der Waals surface area contributed by atoms with E-state index in [-0.39, 0.29) is 31.0 Å². The molecule has 7 heteroatoms. The highest BCUT2D eigenvalue weighted by molar-refractivity contribution is 5.92. The van der Waals surface area contributed by atoms with Crippen LogP contribution in [0.1, 0.15) is 32.2 Å². The summed E-state index contributed by atoms with van der Waals surface area (Å²) in [5.41, 5.74) is 1.06. The predicted octanol–water partition coefficient (Wildman–Crippen LogP) is 1.89. The molecule has 25 heavy (non-hydrogen) atoms. The summed E-state index contributed by atoms with van der Waals surface area (Å²) >= 11 is 0. The summed E-state index contributed by atoms with van der Waals surface area (Å²) < 4.78 is 10.6. The minimum absolute atomic E-state index is 0.00444. The summed E-state index contributed by atoms with van der Waals surface area (Å²) in [6.07, 6.45) is -0.791. The number of nitrogens with zero attached hydrogens (tertiary/aromatic N) is 1. The Hall–Kier alpha value is -2.38. The monoisotopic (exact) mass is 348 g/mol. The number of aromatic nitrogens is 1. The van der Waals surface area contributed by atoms with Crippen molar-refractivity contribution in [3.8, 4) is 5.75 Å². The Labute approximate surface area is 146 Å². The van der Waals surface area contributed by atoms with Gasteiger partial charge >= 0.3 is 0 Å². The summed E-state index contributed by atoms with van der Waals surface area (Å²) in [6.45, 7) is 5.69. The zero-order valence-corrected chi connectivity index (χ0v) is 14.7. The minimum atomic E-state index is -0.917. The van der Waals surface area contributed by atoms with Crippen LogP contribution in [-0.2, 0) is 16.6 Å². The number of amides is 1. The number of anilines is 1. The molecule has 0 radical (unpaired) electrons. The molecule has 0 spiro atoms. The van der Waals surface area contributed by atoms with Crippen LogP contribution in [0.15, 0.2) is 34.9 Å². The van der Waals surface area contributed by atoms with E-state index in [1.165, 1.54) is 0 Å². The molecule has 1 heterocycles. The first-order chi connectivity index (χ1) is 11.8. The number of nitrogens with one attached hydrogen (secondary N) is 1. The molecule has 1 atom stereocenters. The minimum Gasteiger partial charge on any atom is -0.491 e. The molecular formula is C18H24N2O5. The van der Waals surface area contributed by atoms with Crippen LogP contribution in [0, 0.1) is 0 Å². The Morgan fingerprint density at radius 2 is 2.00 bits per heavy atom. The lowest BCUT2D eigenvalue weighted by Gasteiger charge is -2.12. The maximum absolute atomic E-state index is 12.1. The fourth-order valence-electron chi connectivity index (χ4n) is 2.00. The van der Waals surface area contributed by atoms with E-state index in [2.05, 4.69) is 10.5 Å². The summed E-state index contributed by atoms with van der Waals surface area (Å²) in [6, 6.07) is 8.54. The van der Waals surface area contributed by atoms with Crippen molar-refractivity contribution in [1.29, 1.82) is 0 Å². The van der Waals surface area contributed by atoms with Crippen LogP contribution in [0.2, 0.25) is 0 Å². The van der Waals surface area contributed by atoms with Crippen LogP contribution in [-0.4, -0.2) is 40.6 Å². The molecule has 1 aromatic heterocycles. The van der Waals surface area contributed by atoms with Gasteiger partial charge in [0.15, 0.2) is 0 Å². The van der Waals surface area contributed by atoms with Gasteiger partial charge in [-0.15, -0.1) is 0 Å². The van der Waals surface area contributed by atoms with Gasteiger partial charge in [-0.25, -0.2) is 0 Å². The van der Waals surface area contributed by atoms with E-state index in [9.17, 15) is 9.90 Å². The maximum atomic E-state index is 12.1. The number of aliphatic hydroxyl groups is 2. The highest BCUT2D eigenvalue weighted by Crippen LogP contribution is 2.23. The van der Waals surface area contributed by atoms with E-state index in [0.29, 0.717) is 17.1 Å². The zero-order chi connectivity index (χ0) is 18.4. The number of carbonyl (C=O) groups is 1. The lowest BCUT2D eigenvalue weighted by molar-refractivity contribution is -0.115. The van der Waals surface area contributed by atoms with Crippen molar-refractivity contribution in [2.75, 3.05) is 18.5 Å². The molecule has 1 amide bonds. The first-order valence-electron chi connectivity index (χ1n) is 8.05. The SMILES string of the molecule is CC(C)(C)c1cc(CC(=O)Nc2ccc(OCC(O)CO)cc2)no1. The molecule has 0 saturated heterocycles. The predicted molar refractivity (Wildman–Crippen MR) is 92.6 cm³/mol. The van der Waals surface area contributed by atoms with Crippen molar-refractivity contribution in [2.45, 2.75) is 38.7 Å². The smallest absolute Gasteiger partial charge is 0.230 e. The van der Waals surface area contributed by atoms with Crippen molar-refractivity contribution in [1.82, 2.24) is 5.16 Å². The van der Waals surface area contributed by atoms with E-state index in [0.717, 1.165) is 5.76 Å². The van der Waals surface area contributed by atoms with E-state index < -0.39 is 6.10 Å². The number of benzene rings is 1. The molecule has 0 aliphatic rings. The van der Waals surface area contributed by atoms with Crippen molar-refractivity contribution < 1.29 is 24.3 Å². The molecule has 0 aliphatic carbocycles. The third kappa shape index (κ3) is 5.88. The van der Waals surface area contributed by atoms with Crippen molar-refractivity contribution in [3.05, 3.63) is 41.8 Å². The molecule has 2 rings (SSSR count). The van der Waals surface area contributed by atoms with Gasteiger partial charge in [-0.05, 0) is 24.3 Å². The largest absolute Gasteiger partial charge is 0.491 e. The topological polar surface area (TPSA) is 105 Å². The van der Waals surface area contributed by atoms with Crippen molar-refractivity contribution in [2.24, 2.45) is 0 Å². The Kier molecular flexibility index (Phi) is 6.17. The third-order valence-corrected chi connectivity index (χ3v) is 3.43. The van der Waals surface area contributed by atoms with Crippen molar-refractivity contribution in [3.63, 3.8) is 0 Å². The van der Waals surface area contributed by atoms with E-state index in [1.54, 1.807) is 30.3 Å². The molecule has 0 bridgehead atoms. The number of rotatable bonds is 7. The molecule has 2 aromatic rings. The highest BCUT2D eigenvalue weighted by atomic mass is 16.5. The maximum Gasteiger partial charge on any atom is 0.230 e. The molecular weight excluding hydrogens is 324 g/mol. The van der Waals surface area contributed by atoms with Gasteiger partial charge < -0.3 is 24.8 Å². The average Bonchev–Trinajstić information content (AvgIpc) is 3.02. The first kappa shape index (κ1) is 19.0. The molecule has 3 N–H and O–H groups in total. The Morgan fingerprint density at radius 3 is 2.56 bits per heavy atom. The standard InChI is InChI=1S/C18H24N2O5/c1-18(2,3)16-8-13(20-25-16)9-17(23)19-12-4-6-15(7-5-12)24-11-14(22)10-21/h4-8,14,21-22H,9-11H2,1-3H3,(H,19,23). The fourth-order valence-corrected chi connectivity index (χ4v) is 2.00. The van der Waals surface area contributed by atoms with Gasteiger partial charge in [0, 0.05) is 17.2 Å². The summed E-state index contributed by atoms with van der Waals surface area (Å²) in [7, 11) is 0. The second-order valence-corrected chi connectivity index (χ2v) is 6.83. The second kappa shape index (κ2) is 8.13. The highest BCUT2D eigenvalue weighted by Gasteiger charge is 2.20. The van der Waals surface area contributed by atoms with Gasteiger partial charge in [0.2, 0.25) is 5.91 Å². The van der Waals surface area contributed by atoms with Gasteiger partial charge in [0.1, 0.15) is 24.2 Å². The quantitative estimate of drug-likeness (QED) is 0.706. The van der Waals surface area contributed by atoms with Crippen LogP contribution >= 0.6 is 0 Å². The van der Waals surface area contributed by atoms with E-state index >= 15 is 0 Å². The summed E-state index contributed by atoms with van der Waals surface area (Å²) in [5.74, 6) is 1.08. The lowest BCUT2D eigenvalue weighted by Crippen LogP contribution is -2.21. The van der Waals surface area contributed by atoms with Crippen molar-refractivity contribution >= 4 is 11.6 Å². The van der Waals surface area contributed by atoms with E-state index in [1.807, 2.05) is 20.8 Å². The third-order valence-electron chi connectivity index (χ3n) is 3.43. The normalized spacial score (nSPS) is 12.7. The van der Waals surface area contributed by atoms with Gasteiger partial charge in [-0.2, -0.15) is 0 Å². The summed E-state index contributed by atoms with van der Waals surface area (Å²) in [4.78, 5) is 12.1. The Bertz CT molecular complexity index is 688. The number of hydrogen-bond acceptors (Lipinski definition) is 6. The van der Waals surface area contributed by atoms with E-state index in [4.69, 9.17) is 14.4 Å². The molecule has 7 nitrogen and oxygen atoms in total. The number of carbonyl (C=O) groups excluding carboxylic acids is 1. The second-order valence-electron chi connectivity index (χ2n) is 6.83. The zero-order valence-electron chi connectivity index (χ0n) is 14.7. The average molecular weight is 348 g/mol. The molecule has 0 saturated carbocycles. The van der Waals surface area contributed by atoms with Gasteiger partial charge in [0.25, 0.3) is 0 Å². The fraction of sp³-hybridized carbons (Fsp3) is 0.444. The molecule has 136 valence electrons. The summed E-state index contributed by atoms with van der Waals surface area (Å²) in [5, 5.41) is 24.7. The van der Waals surface area contributed by atoms with Gasteiger partial charge in [-0.1, -0.05) is 25.9 Å².